The molecule has 0 aromatic rings. The Labute approximate surface area is 54.2 Å². The number of rotatable bonds is 3. The average Bonchev–Trinajstić information content (AvgIpc) is 1.84. The van der Waals surface area contributed by atoms with Gasteiger partial charge in [-0.05, 0) is 12.5 Å². The molecule has 0 aromatic carbocycles. The van der Waals surface area contributed by atoms with Crippen molar-refractivity contribution < 1.29 is 9.90 Å². The third-order valence-electron chi connectivity index (χ3n) is 0.954. The Hall–Kier alpha value is -0.670. The maximum Gasteiger partial charge on any atom is 0.176 e. The van der Waals surface area contributed by atoms with Gasteiger partial charge in [0.2, 0.25) is 0 Å². The molecule has 3 N–H and O–H groups in total. The molecule has 0 aliphatic carbocycles. The maximum atomic E-state index is 10.7. The van der Waals surface area contributed by atoms with E-state index in [-0.39, 0.29) is 12.4 Å². The number of aliphatic hydroxyl groups excluding tert-OH is 1. The van der Waals surface area contributed by atoms with Crippen molar-refractivity contribution in [1.29, 1.82) is 0 Å². The highest BCUT2D eigenvalue weighted by atomic mass is 16.3. The molecule has 3 nitrogen and oxygen atoms in total. The van der Waals surface area contributed by atoms with Crippen LogP contribution >= 0.6 is 0 Å². The molecule has 0 saturated heterocycles. The monoisotopic (exact) mass is 129 g/mol. The number of Topliss-reactive ketones (excluding diaryl/α,β-unsaturated/α-hetero) is 1. The lowest BCUT2D eigenvalue weighted by molar-refractivity contribution is -0.117. The minimum atomic E-state index is -0.789. The van der Waals surface area contributed by atoms with Gasteiger partial charge in [-0.1, -0.05) is 6.58 Å². The number of aliphatic hydroxyl groups is 1. The Bertz CT molecular complexity index is 131. The fraction of sp³-hybridized carbons (Fsp3) is 0.500. The number of hydrogen-bond acceptors (Lipinski definition) is 3. The van der Waals surface area contributed by atoms with Crippen molar-refractivity contribution in [3.63, 3.8) is 0 Å². The molecule has 1 unspecified atom stereocenters. The van der Waals surface area contributed by atoms with Crippen LogP contribution in [0, 0.1) is 0 Å². The quantitative estimate of drug-likeness (QED) is 0.502. The largest absolute Gasteiger partial charge is 0.394 e. The Morgan fingerprint density at radius 1 is 1.89 bits per heavy atom. The lowest BCUT2D eigenvalue weighted by Crippen LogP contribution is -2.34. The zero-order valence-corrected chi connectivity index (χ0v) is 5.42. The van der Waals surface area contributed by atoms with E-state index < -0.39 is 6.04 Å². The van der Waals surface area contributed by atoms with Gasteiger partial charge in [-0.3, -0.25) is 4.79 Å². The van der Waals surface area contributed by atoms with Crippen molar-refractivity contribution in [3.05, 3.63) is 12.2 Å². The second kappa shape index (κ2) is 3.37. The van der Waals surface area contributed by atoms with E-state index >= 15 is 0 Å². The molecule has 1 atom stereocenters. The lowest BCUT2D eigenvalue weighted by Gasteiger charge is -2.04. The van der Waals surface area contributed by atoms with Crippen LogP contribution in [0.2, 0.25) is 0 Å². The Morgan fingerprint density at radius 2 is 2.33 bits per heavy atom. The van der Waals surface area contributed by atoms with Crippen molar-refractivity contribution >= 4 is 5.78 Å². The summed E-state index contributed by atoms with van der Waals surface area (Å²) in [6.45, 7) is 4.64. The molecular formula is C6H11NO2. The van der Waals surface area contributed by atoms with Gasteiger partial charge in [0.05, 0.1) is 12.6 Å². The molecule has 0 spiro atoms. The van der Waals surface area contributed by atoms with E-state index in [9.17, 15) is 4.79 Å². The third kappa shape index (κ3) is 2.39. The predicted octanol–water partition coefficient (Wildman–Crippen LogP) is -0.549. The van der Waals surface area contributed by atoms with Crippen molar-refractivity contribution in [2.24, 2.45) is 5.73 Å². The fourth-order valence-electron chi connectivity index (χ4n) is 0.399. The molecular weight excluding hydrogens is 118 g/mol. The zero-order valence-electron chi connectivity index (χ0n) is 5.42. The molecule has 0 aliphatic rings. The highest BCUT2D eigenvalue weighted by Crippen LogP contribution is 1.92. The number of nitrogens with two attached hydrogens (primary N) is 1. The summed E-state index contributed by atoms with van der Waals surface area (Å²) in [5, 5.41) is 8.37. The Balaban J connectivity index is 3.88. The summed E-state index contributed by atoms with van der Waals surface area (Å²) in [4.78, 5) is 10.7. The number of ketones is 1. The average molecular weight is 129 g/mol. The van der Waals surface area contributed by atoms with E-state index in [1.807, 2.05) is 0 Å². The van der Waals surface area contributed by atoms with E-state index in [1.54, 1.807) is 6.92 Å². The molecule has 0 aliphatic heterocycles. The van der Waals surface area contributed by atoms with Gasteiger partial charge < -0.3 is 10.8 Å². The van der Waals surface area contributed by atoms with Crippen LogP contribution in [0.4, 0.5) is 0 Å². The minimum absolute atomic E-state index is 0.280. The second-order valence-electron chi connectivity index (χ2n) is 1.93. The van der Waals surface area contributed by atoms with Crippen molar-refractivity contribution in [1.82, 2.24) is 0 Å². The molecule has 0 saturated carbocycles. The summed E-state index contributed by atoms with van der Waals surface area (Å²) in [6, 6.07) is -0.789. The van der Waals surface area contributed by atoms with E-state index in [2.05, 4.69) is 6.58 Å². The van der Waals surface area contributed by atoms with Gasteiger partial charge in [-0.25, -0.2) is 0 Å². The first-order valence-electron chi connectivity index (χ1n) is 2.65. The van der Waals surface area contributed by atoms with Gasteiger partial charge >= 0.3 is 0 Å². The third-order valence-corrected chi connectivity index (χ3v) is 0.954. The van der Waals surface area contributed by atoms with Gasteiger partial charge in [0.1, 0.15) is 0 Å². The van der Waals surface area contributed by atoms with E-state index in [0.29, 0.717) is 5.57 Å². The SMILES string of the molecule is C=C(C)C(=O)C(N)CO. The molecule has 0 amide bonds. The minimum Gasteiger partial charge on any atom is -0.394 e. The maximum absolute atomic E-state index is 10.7. The fourth-order valence-corrected chi connectivity index (χ4v) is 0.399. The predicted molar refractivity (Wildman–Crippen MR) is 34.9 cm³/mol. The highest BCUT2D eigenvalue weighted by Gasteiger charge is 2.11. The molecule has 0 rings (SSSR count). The zero-order chi connectivity index (χ0) is 7.44. The van der Waals surface area contributed by atoms with Gasteiger partial charge in [0, 0.05) is 0 Å². The van der Waals surface area contributed by atoms with E-state index in [0.717, 1.165) is 0 Å². The van der Waals surface area contributed by atoms with E-state index in [1.165, 1.54) is 0 Å². The summed E-state index contributed by atoms with van der Waals surface area (Å²) in [5.74, 6) is -0.280. The summed E-state index contributed by atoms with van der Waals surface area (Å²) in [7, 11) is 0. The van der Waals surface area contributed by atoms with Crippen LogP contribution in [-0.2, 0) is 4.79 Å². The molecule has 0 aromatic heterocycles. The van der Waals surface area contributed by atoms with Crippen LogP contribution in [0.25, 0.3) is 0 Å². The molecule has 0 bridgehead atoms. The number of carbonyl (C=O) groups excluding carboxylic acids is 1. The summed E-state index contributed by atoms with van der Waals surface area (Å²) < 4.78 is 0. The summed E-state index contributed by atoms with van der Waals surface area (Å²) in [6.07, 6.45) is 0. The van der Waals surface area contributed by atoms with Crippen LogP contribution in [-0.4, -0.2) is 23.5 Å². The Kier molecular flexibility index (Phi) is 3.12. The first kappa shape index (κ1) is 8.33. The highest BCUT2D eigenvalue weighted by molar-refractivity contribution is 5.98. The molecule has 0 fully saturated rings. The topological polar surface area (TPSA) is 63.3 Å². The Morgan fingerprint density at radius 3 is 2.44 bits per heavy atom. The number of hydrogen-bond donors (Lipinski definition) is 2. The van der Waals surface area contributed by atoms with Crippen LogP contribution in [0.1, 0.15) is 6.92 Å². The molecule has 3 heteroatoms. The van der Waals surface area contributed by atoms with Crippen molar-refractivity contribution in [2.45, 2.75) is 13.0 Å². The van der Waals surface area contributed by atoms with Gasteiger partial charge in [0.25, 0.3) is 0 Å². The molecule has 0 heterocycles. The van der Waals surface area contributed by atoms with Gasteiger partial charge in [-0.15, -0.1) is 0 Å². The first-order chi connectivity index (χ1) is 4.09. The molecule has 9 heavy (non-hydrogen) atoms. The van der Waals surface area contributed by atoms with Crippen LogP contribution in [0.3, 0.4) is 0 Å². The first-order valence-corrected chi connectivity index (χ1v) is 2.65. The second-order valence-corrected chi connectivity index (χ2v) is 1.93. The summed E-state index contributed by atoms with van der Waals surface area (Å²) >= 11 is 0. The summed E-state index contributed by atoms with van der Waals surface area (Å²) in [5.41, 5.74) is 5.54. The van der Waals surface area contributed by atoms with Crippen LogP contribution in [0.5, 0.6) is 0 Å². The van der Waals surface area contributed by atoms with Crippen LogP contribution in [0.15, 0.2) is 12.2 Å². The van der Waals surface area contributed by atoms with Crippen LogP contribution < -0.4 is 5.73 Å². The molecule has 0 radical (unpaired) electrons. The number of carbonyl (C=O) groups is 1. The van der Waals surface area contributed by atoms with Crippen molar-refractivity contribution in [2.75, 3.05) is 6.61 Å². The normalized spacial score (nSPS) is 12.8. The lowest BCUT2D eigenvalue weighted by atomic mass is 10.1. The smallest absolute Gasteiger partial charge is 0.176 e. The van der Waals surface area contributed by atoms with E-state index in [4.69, 9.17) is 10.8 Å². The van der Waals surface area contributed by atoms with Gasteiger partial charge in [-0.2, -0.15) is 0 Å². The van der Waals surface area contributed by atoms with Crippen molar-refractivity contribution in [3.8, 4) is 0 Å². The van der Waals surface area contributed by atoms with Gasteiger partial charge in [0.15, 0.2) is 5.78 Å². The standard InChI is InChI=1S/C6H11NO2/c1-4(2)6(9)5(7)3-8/h5,8H,1,3,7H2,2H3. The molecule has 52 valence electrons.